The van der Waals surface area contributed by atoms with Crippen LogP contribution in [0.1, 0.15) is 35.1 Å². The van der Waals surface area contributed by atoms with Crippen LogP contribution >= 0.6 is 11.3 Å². The molecular formula is C22H23N3O2S. The fraction of sp³-hybridized carbons (Fsp3) is 0.318. The molecule has 1 aliphatic heterocycles. The number of carbonyl (C=O) groups excluding carboxylic acids is 2. The summed E-state index contributed by atoms with van der Waals surface area (Å²) in [6.07, 6.45) is 1.26. The van der Waals surface area contributed by atoms with E-state index in [0.717, 1.165) is 22.2 Å². The number of hydrogen-bond donors (Lipinski definition) is 1. The molecule has 0 saturated heterocycles. The summed E-state index contributed by atoms with van der Waals surface area (Å²) in [6.45, 7) is 5.42. The van der Waals surface area contributed by atoms with Crippen LogP contribution in [0.3, 0.4) is 0 Å². The Kier molecular flexibility index (Phi) is 5.13. The van der Waals surface area contributed by atoms with Crippen LogP contribution in [0.4, 0.5) is 5.13 Å². The Hall–Kier alpha value is -2.73. The van der Waals surface area contributed by atoms with Gasteiger partial charge in [-0.2, -0.15) is 0 Å². The fourth-order valence-electron chi connectivity index (χ4n) is 3.69. The molecule has 4 rings (SSSR count). The number of amides is 2. The molecule has 6 heteroatoms. The molecule has 0 spiro atoms. The van der Waals surface area contributed by atoms with Gasteiger partial charge in [0.25, 0.3) is 0 Å². The summed E-state index contributed by atoms with van der Waals surface area (Å²) < 4.78 is 1.07. The van der Waals surface area contributed by atoms with Crippen molar-refractivity contribution in [1.29, 1.82) is 0 Å². The lowest BCUT2D eigenvalue weighted by atomic mass is 9.99. The second kappa shape index (κ2) is 7.72. The molecule has 28 heavy (non-hydrogen) atoms. The van der Waals surface area contributed by atoms with E-state index in [2.05, 4.69) is 41.5 Å². The Labute approximate surface area is 168 Å². The highest BCUT2D eigenvalue weighted by molar-refractivity contribution is 7.22. The van der Waals surface area contributed by atoms with Crippen LogP contribution < -0.4 is 5.32 Å². The van der Waals surface area contributed by atoms with E-state index in [9.17, 15) is 9.59 Å². The smallest absolute Gasteiger partial charge is 0.226 e. The third kappa shape index (κ3) is 3.92. The van der Waals surface area contributed by atoms with E-state index in [1.54, 1.807) is 0 Å². The van der Waals surface area contributed by atoms with E-state index in [0.29, 0.717) is 18.2 Å². The van der Waals surface area contributed by atoms with E-state index in [1.165, 1.54) is 28.0 Å². The number of fused-ring (bicyclic) bond motifs is 2. The van der Waals surface area contributed by atoms with Gasteiger partial charge in [0.2, 0.25) is 11.8 Å². The topological polar surface area (TPSA) is 62.3 Å². The van der Waals surface area contributed by atoms with E-state index in [1.807, 2.05) is 24.0 Å². The average Bonchev–Trinajstić information content (AvgIpc) is 3.08. The number of carbonyl (C=O) groups is 2. The summed E-state index contributed by atoms with van der Waals surface area (Å²) in [7, 11) is 0. The first-order valence-corrected chi connectivity index (χ1v) is 10.3. The second-order valence-corrected chi connectivity index (χ2v) is 8.36. The van der Waals surface area contributed by atoms with Crippen LogP contribution in [0.2, 0.25) is 0 Å². The van der Waals surface area contributed by atoms with Crippen molar-refractivity contribution < 1.29 is 9.59 Å². The average molecular weight is 394 g/mol. The molecule has 1 aliphatic rings. The lowest BCUT2D eigenvalue weighted by molar-refractivity contribution is -0.133. The van der Waals surface area contributed by atoms with Gasteiger partial charge in [-0.1, -0.05) is 41.7 Å². The summed E-state index contributed by atoms with van der Waals surface area (Å²) in [5, 5.41) is 3.44. The van der Waals surface area contributed by atoms with E-state index in [4.69, 9.17) is 0 Å². The number of nitrogens with one attached hydrogen (secondary N) is 1. The Morgan fingerprint density at radius 2 is 1.93 bits per heavy atom. The maximum Gasteiger partial charge on any atom is 0.226 e. The summed E-state index contributed by atoms with van der Waals surface area (Å²) in [5.74, 6) is -0.139. The molecular weight excluding hydrogens is 370 g/mol. The lowest BCUT2D eigenvalue weighted by Gasteiger charge is -2.28. The zero-order valence-electron chi connectivity index (χ0n) is 16.1. The minimum atomic E-state index is -0.167. The van der Waals surface area contributed by atoms with Gasteiger partial charge in [-0.25, -0.2) is 4.98 Å². The first kappa shape index (κ1) is 18.6. The molecule has 2 aromatic carbocycles. The molecule has 1 aromatic heterocycles. The van der Waals surface area contributed by atoms with Crippen molar-refractivity contribution in [2.45, 2.75) is 39.7 Å². The van der Waals surface area contributed by atoms with Gasteiger partial charge in [0, 0.05) is 25.9 Å². The first-order valence-electron chi connectivity index (χ1n) is 9.52. The molecule has 1 N–H and O–H groups in total. The molecule has 0 aliphatic carbocycles. The molecule has 144 valence electrons. The number of thiazole rings is 1. The van der Waals surface area contributed by atoms with Crippen molar-refractivity contribution in [2.24, 2.45) is 0 Å². The Morgan fingerprint density at radius 3 is 2.75 bits per heavy atom. The van der Waals surface area contributed by atoms with Crippen LogP contribution in [0, 0.1) is 13.8 Å². The van der Waals surface area contributed by atoms with Crippen LogP contribution in [-0.2, 0) is 22.6 Å². The van der Waals surface area contributed by atoms with Gasteiger partial charge in [0.1, 0.15) is 0 Å². The van der Waals surface area contributed by atoms with Crippen molar-refractivity contribution in [3.63, 3.8) is 0 Å². The van der Waals surface area contributed by atoms with Crippen molar-refractivity contribution in [3.8, 4) is 0 Å². The molecule has 0 bridgehead atoms. The Morgan fingerprint density at radius 1 is 1.14 bits per heavy atom. The fourth-order valence-corrected chi connectivity index (χ4v) is 4.75. The van der Waals surface area contributed by atoms with Crippen LogP contribution in [0.5, 0.6) is 0 Å². The highest BCUT2D eigenvalue weighted by Gasteiger charge is 2.21. The maximum atomic E-state index is 12.5. The number of benzene rings is 2. The third-order valence-corrected chi connectivity index (χ3v) is 6.04. The van der Waals surface area contributed by atoms with Crippen LogP contribution in [-0.4, -0.2) is 28.2 Å². The molecule has 0 saturated carbocycles. The van der Waals surface area contributed by atoms with Gasteiger partial charge in [0.15, 0.2) is 5.13 Å². The summed E-state index contributed by atoms with van der Waals surface area (Å²) in [4.78, 5) is 31.2. The summed E-state index contributed by atoms with van der Waals surface area (Å²) in [5.41, 5.74) is 5.72. The number of aryl methyl sites for hydroxylation is 2. The second-order valence-electron chi connectivity index (χ2n) is 7.33. The highest BCUT2D eigenvalue weighted by Crippen LogP contribution is 2.29. The van der Waals surface area contributed by atoms with Crippen molar-refractivity contribution in [1.82, 2.24) is 9.88 Å². The SMILES string of the molecule is Cc1cc(C)c2nc(NC(=O)CCC(=O)N3CCc4ccccc4C3)sc2c1. The normalized spacial score (nSPS) is 13.4. The largest absolute Gasteiger partial charge is 0.338 e. The zero-order chi connectivity index (χ0) is 19.7. The highest BCUT2D eigenvalue weighted by atomic mass is 32.1. The van der Waals surface area contributed by atoms with Crippen LogP contribution in [0.15, 0.2) is 36.4 Å². The van der Waals surface area contributed by atoms with Gasteiger partial charge in [-0.05, 0) is 48.6 Å². The van der Waals surface area contributed by atoms with Crippen LogP contribution in [0.25, 0.3) is 10.2 Å². The Balaban J connectivity index is 1.33. The molecule has 0 radical (unpaired) electrons. The Bertz CT molecular complexity index is 1060. The van der Waals surface area contributed by atoms with Gasteiger partial charge in [-0.3, -0.25) is 9.59 Å². The molecule has 2 amide bonds. The minimum absolute atomic E-state index is 0.0282. The molecule has 3 aromatic rings. The number of hydrogen-bond acceptors (Lipinski definition) is 4. The number of rotatable bonds is 4. The molecule has 2 heterocycles. The van der Waals surface area contributed by atoms with E-state index in [-0.39, 0.29) is 24.7 Å². The van der Waals surface area contributed by atoms with Crippen molar-refractivity contribution in [2.75, 3.05) is 11.9 Å². The maximum absolute atomic E-state index is 12.5. The van der Waals surface area contributed by atoms with E-state index >= 15 is 0 Å². The zero-order valence-corrected chi connectivity index (χ0v) is 16.9. The summed E-state index contributed by atoms with van der Waals surface area (Å²) in [6, 6.07) is 12.4. The van der Waals surface area contributed by atoms with E-state index < -0.39 is 0 Å². The quantitative estimate of drug-likeness (QED) is 0.722. The first-order chi connectivity index (χ1) is 13.5. The molecule has 5 nitrogen and oxygen atoms in total. The predicted molar refractivity (Wildman–Crippen MR) is 113 cm³/mol. The standard InChI is InChI=1S/C22H23N3O2S/c1-14-11-15(2)21-18(12-14)28-22(24-21)23-19(26)7-8-20(27)25-10-9-16-5-3-4-6-17(16)13-25/h3-6,11-12H,7-10,13H2,1-2H3,(H,23,24,26). The van der Waals surface area contributed by atoms with Gasteiger partial charge < -0.3 is 10.2 Å². The summed E-state index contributed by atoms with van der Waals surface area (Å²) >= 11 is 1.47. The number of nitrogens with zero attached hydrogens (tertiary/aromatic N) is 2. The monoisotopic (exact) mass is 393 g/mol. The molecule has 0 fully saturated rings. The van der Waals surface area contributed by atoms with Gasteiger partial charge in [0.05, 0.1) is 10.2 Å². The van der Waals surface area contributed by atoms with Crippen molar-refractivity contribution >= 4 is 38.5 Å². The molecule has 0 unspecified atom stereocenters. The molecule has 0 atom stereocenters. The lowest BCUT2D eigenvalue weighted by Crippen LogP contribution is -2.36. The third-order valence-electron chi connectivity index (χ3n) is 5.13. The predicted octanol–water partition coefficient (Wildman–Crippen LogP) is 4.22. The minimum Gasteiger partial charge on any atom is -0.338 e. The van der Waals surface area contributed by atoms with Gasteiger partial charge >= 0.3 is 0 Å². The number of aromatic nitrogens is 1. The van der Waals surface area contributed by atoms with Gasteiger partial charge in [-0.15, -0.1) is 0 Å². The number of anilines is 1. The van der Waals surface area contributed by atoms with Crippen molar-refractivity contribution in [3.05, 3.63) is 58.7 Å².